The first-order chi connectivity index (χ1) is 6.68. The summed E-state index contributed by atoms with van der Waals surface area (Å²) in [7, 11) is 0. The number of benzene rings is 1. The van der Waals surface area contributed by atoms with Gasteiger partial charge in [0.1, 0.15) is 5.75 Å². The molecule has 2 N–H and O–H groups in total. The number of hydrogen-bond donors (Lipinski definition) is 2. The quantitative estimate of drug-likeness (QED) is 0.550. The van der Waals surface area contributed by atoms with Gasteiger partial charge in [-0.15, -0.1) is 0 Å². The van der Waals surface area contributed by atoms with Crippen LogP contribution < -0.4 is 5.32 Å². The van der Waals surface area contributed by atoms with Gasteiger partial charge < -0.3 is 10.4 Å². The van der Waals surface area contributed by atoms with E-state index in [1.165, 1.54) is 18.2 Å². The predicted molar refractivity (Wildman–Crippen MR) is 50.1 cm³/mol. The minimum absolute atomic E-state index is 0.0162. The van der Waals surface area contributed by atoms with Crippen LogP contribution in [0.5, 0.6) is 5.75 Å². The van der Waals surface area contributed by atoms with E-state index < -0.39 is 4.92 Å². The molecule has 0 amide bonds. The Morgan fingerprint density at radius 3 is 2.79 bits per heavy atom. The molecule has 0 aromatic heterocycles. The lowest BCUT2D eigenvalue weighted by molar-refractivity contribution is -0.385. The summed E-state index contributed by atoms with van der Waals surface area (Å²) in [6.07, 6.45) is 0.879. The maximum atomic E-state index is 10.7. The Kier molecular flexibility index (Phi) is 2.09. The second-order valence-electron chi connectivity index (χ2n) is 3.30. The molecule has 1 aliphatic heterocycles. The fourth-order valence-corrected chi connectivity index (χ4v) is 1.54. The molecule has 0 bridgehead atoms. The van der Waals surface area contributed by atoms with Crippen LogP contribution in [0.2, 0.25) is 0 Å². The standard InChI is InChI=1S/C9H10N2O3/c12-6-1-2-9(11(13)14)7(5-6)8-3-4-10-8/h1-2,5,8,10,12H,3-4H2. The first kappa shape index (κ1) is 8.96. The Morgan fingerprint density at radius 1 is 1.57 bits per heavy atom. The van der Waals surface area contributed by atoms with Gasteiger partial charge >= 0.3 is 0 Å². The van der Waals surface area contributed by atoms with E-state index in [1.807, 2.05) is 0 Å². The number of nitro benzene ring substituents is 1. The zero-order chi connectivity index (χ0) is 10.1. The smallest absolute Gasteiger partial charge is 0.274 e. The van der Waals surface area contributed by atoms with Crippen LogP contribution in [-0.4, -0.2) is 16.6 Å². The highest BCUT2D eigenvalue weighted by Crippen LogP contribution is 2.33. The van der Waals surface area contributed by atoms with Crippen LogP contribution in [0.4, 0.5) is 5.69 Å². The van der Waals surface area contributed by atoms with E-state index in [0.29, 0.717) is 5.56 Å². The first-order valence-corrected chi connectivity index (χ1v) is 4.39. The minimum Gasteiger partial charge on any atom is -0.508 e. The molecule has 0 radical (unpaired) electrons. The third-order valence-corrected chi connectivity index (χ3v) is 2.41. The summed E-state index contributed by atoms with van der Waals surface area (Å²) in [6, 6.07) is 4.14. The van der Waals surface area contributed by atoms with Gasteiger partial charge in [0, 0.05) is 12.1 Å². The van der Waals surface area contributed by atoms with E-state index in [-0.39, 0.29) is 17.5 Å². The van der Waals surface area contributed by atoms with E-state index in [0.717, 1.165) is 13.0 Å². The lowest BCUT2D eigenvalue weighted by atomic mass is 9.96. The molecule has 5 nitrogen and oxygen atoms in total. The summed E-state index contributed by atoms with van der Waals surface area (Å²) < 4.78 is 0. The summed E-state index contributed by atoms with van der Waals surface area (Å²) in [5, 5.41) is 23.0. The first-order valence-electron chi connectivity index (χ1n) is 4.39. The lowest BCUT2D eigenvalue weighted by Crippen LogP contribution is -2.35. The van der Waals surface area contributed by atoms with Crippen molar-refractivity contribution < 1.29 is 10.0 Å². The van der Waals surface area contributed by atoms with E-state index in [2.05, 4.69) is 5.32 Å². The third kappa shape index (κ3) is 1.42. The summed E-state index contributed by atoms with van der Waals surface area (Å²) >= 11 is 0. The summed E-state index contributed by atoms with van der Waals surface area (Å²) in [5.74, 6) is 0.0688. The van der Waals surface area contributed by atoms with Crippen LogP contribution in [0.1, 0.15) is 18.0 Å². The topological polar surface area (TPSA) is 75.4 Å². The largest absolute Gasteiger partial charge is 0.508 e. The molecule has 1 aromatic carbocycles. The van der Waals surface area contributed by atoms with Crippen LogP contribution in [0.25, 0.3) is 0 Å². The molecule has 1 unspecified atom stereocenters. The van der Waals surface area contributed by atoms with E-state index >= 15 is 0 Å². The Labute approximate surface area is 80.5 Å². The number of nitro groups is 1. The van der Waals surface area contributed by atoms with Crippen molar-refractivity contribution in [1.82, 2.24) is 5.32 Å². The molecule has 74 valence electrons. The predicted octanol–water partition coefficient (Wildman–Crippen LogP) is 1.33. The second-order valence-corrected chi connectivity index (χ2v) is 3.30. The summed E-state index contributed by atoms with van der Waals surface area (Å²) in [4.78, 5) is 10.3. The van der Waals surface area contributed by atoms with Crippen molar-refractivity contribution in [2.75, 3.05) is 6.54 Å². The number of nitrogens with one attached hydrogen (secondary N) is 1. The number of hydrogen-bond acceptors (Lipinski definition) is 4. The van der Waals surface area contributed by atoms with Gasteiger partial charge in [-0.05, 0) is 25.1 Å². The Bertz CT molecular complexity index is 374. The molecule has 1 aliphatic rings. The monoisotopic (exact) mass is 194 g/mol. The van der Waals surface area contributed by atoms with Gasteiger partial charge in [-0.25, -0.2) is 0 Å². The Morgan fingerprint density at radius 2 is 2.29 bits per heavy atom. The fourth-order valence-electron chi connectivity index (χ4n) is 1.54. The molecule has 1 atom stereocenters. The van der Waals surface area contributed by atoms with Crippen LogP contribution in [0, 0.1) is 10.1 Å². The summed E-state index contributed by atoms with van der Waals surface area (Å²) in [6.45, 7) is 0.872. The lowest BCUT2D eigenvalue weighted by Gasteiger charge is -2.27. The maximum Gasteiger partial charge on any atom is 0.274 e. The van der Waals surface area contributed by atoms with Crippen LogP contribution in [-0.2, 0) is 0 Å². The highest BCUT2D eigenvalue weighted by Gasteiger charge is 2.26. The van der Waals surface area contributed by atoms with Gasteiger partial charge in [0.05, 0.1) is 10.5 Å². The number of aromatic hydroxyl groups is 1. The normalized spacial score (nSPS) is 20.1. The van der Waals surface area contributed by atoms with Gasteiger partial charge in [0.15, 0.2) is 0 Å². The molecule has 1 saturated heterocycles. The van der Waals surface area contributed by atoms with Crippen molar-refractivity contribution in [3.63, 3.8) is 0 Å². The minimum atomic E-state index is -0.422. The molecule has 14 heavy (non-hydrogen) atoms. The van der Waals surface area contributed by atoms with Gasteiger partial charge in [0.2, 0.25) is 0 Å². The van der Waals surface area contributed by atoms with Gasteiger partial charge in [-0.2, -0.15) is 0 Å². The molecule has 1 heterocycles. The SMILES string of the molecule is O=[N+]([O-])c1ccc(O)cc1C1CCN1. The van der Waals surface area contributed by atoms with Gasteiger partial charge in [-0.3, -0.25) is 10.1 Å². The van der Waals surface area contributed by atoms with E-state index in [1.54, 1.807) is 0 Å². The highest BCUT2D eigenvalue weighted by molar-refractivity contribution is 5.47. The third-order valence-electron chi connectivity index (χ3n) is 2.41. The van der Waals surface area contributed by atoms with Crippen LogP contribution in [0.3, 0.4) is 0 Å². The fraction of sp³-hybridized carbons (Fsp3) is 0.333. The molecular formula is C9H10N2O3. The Hall–Kier alpha value is -1.62. The zero-order valence-corrected chi connectivity index (χ0v) is 7.43. The molecule has 0 spiro atoms. The molecule has 0 aliphatic carbocycles. The second kappa shape index (κ2) is 3.26. The number of nitrogens with zero attached hydrogens (tertiary/aromatic N) is 1. The molecule has 1 fully saturated rings. The van der Waals surface area contributed by atoms with Crippen LogP contribution in [0.15, 0.2) is 18.2 Å². The molecule has 0 saturated carbocycles. The van der Waals surface area contributed by atoms with Crippen molar-refractivity contribution in [3.05, 3.63) is 33.9 Å². The number of rotatable bonds is 2. The van der Waals surface area contributed by atoms with E-state index in [4.69, 9.17) is 0 Å². The highest BCUT2D eigenvalue weighted by atomic mass is 16.6. The van der Waals surface area contributed by atoms with Crippen molar-refractivity contribution in [2.24, 2.45) is 0 Å². The van der Waals surface area contributed by atoms with Crippen molar-refractivity contribution in [3.8, 4) is 5.75 Å². The van der Waals surface area contributed by atoms with Crippen molar-refractivity contribution in [1.29, 1.82) is 0 Å². The number of phenols is 1. The van der Waals surface area contributed by atoms with Crippen molar-refractivity contribution in [2.45, 2.75) is 12.5 Å². The summed E-state index contributed by atoms with van der Waals surface area (Å²) in [5.41, 5.74) is 0.640. The van der Waals surface area contributed by atoms with Crippen LogP contribution >= 0.6 is 0 Å². The number of phenolic OH excluding ortho intramolecular Hbond substituents is 1. The van der Waals surface area contributed by atoms with Gasteiger partial charge in [0.25, 0.3) is 5.69 Å². The molecular weight excluding hydrogens is 184 g/mol. The Balaban J connectivity index is 2.42. The van der Waals surface area contributed by atoms with E-state index in [9.17, 15) is 15.2 Å². The molecule has 5 heteroatoms. The van der Waals surface area contributed by atoms with Gasteiger partial charge in [-0.1, -0.05) is 0 Å². The average molecular weight is 194 g/mol. The molecule has 1 aromatic rings. The molecule has 2 rings (SSSR count). The average Bonchev–Trinajstić information content (AvgIpc) is 2.00. The maximum absolute atomic E-state index is 10.7. The van der Waals surface area contributed by atoms with Crippen molar-refractivity contribution >= 4 is 5.69 Å². The zero-order valence-electron chi connectivity index (χ0n) is 7.43.